The van der Waals surface area contributed by atoms with Crippen LogP contribution in [-0.2, 0) is 9.59 Å². The Kier molecular flexibility index (Phi) is 5.70. The number of hydrogen-bond donors (Lipinski definition) is 2. The van der Waals surface area contributed by atoms with Gasteiger partial charge < -0.3 is 10.6 Å². The van der Waals surface area contributed by atoms with Crippen molar-refractivity contribution in [2.24, 2.45) is 5.41 Å². The number of hydrogen-bond acceptors (Lipinski definition) is 2. The van der Waals surface area contributed by atoms with E-state index in [4.69, 9.17) is 23.2 Å². The molecule has 0 saturated carbocycles. The first kappa shape index (κ1) is 19.2. The lowest BCUT2D eigenvalue weighted by Crippen LogP contribution is -2.41. The third-order valence-corrected chi connectivity index (χ3v) is 4.27. The molecule has 7 heteroatoms. The predicted molar refractivity (Wildman–Crippen MR) is 98.6 cm³/mol. The summed E-state index contributed by atoms with van der Waals surface area (Å²) in [5.41, 5.74) is 0.287. The lowest BCUT2D eigenvalue weighted by Gasteiger charge is -2.23. The molecule has 0 unspecified atom stereocenters. The van der Waals surface area contributed by atoms with Crippen molar-refractivity contribution in [2.45, 2.75) is 20.8 Å². The number of aryl methyl sites for hydroxylation is 1. The van der Waals surface area contributed by atoms with Crippen molar-refractivity contribution in [1.82, 2.24) is 0 Å². The third-order valence-electron chi connectivity index (χ3n) is 3.75. The Bertz CT molecular complexity index is 838. The molecule has 4 nitrogen and oxygen atoms in total. The fourth-order valence-corrected chi connectivity index (χ4v) is 2.42. The van der Waals surface area contributed by atoms with Gasteiger partial charge in [0.05, 0.1) is 5.02 Å². The average molecular weight is 383 g/mol. The van der Waals surface area contributed by atoms with Crippen molar-refractivity contribution in [3.8, 4) is 0 Å². The molecular formula is C18H17Cl2FN2O2. The smallest absolute Gasteiger partial charge is 0.239 e. The molecule has 0 radical (unpaired) electrons. The lowest BCUT2D eigenvalue weighted by molar-refractivity contribution is -0.135. The molecule has 2 amide bonds. The van der Waals surface area contributed by atoms with Crippen LogP contribution in [0.25, 0.3) is 0 Å². The Morgan fingerprint density at radius 1 is 1.00 bits per heavy atom. The Labute approximate surface area is 155 Å². The van der Waals surface area contributed by atoms with E-state index in [-0.39, 0.29) is 5.02 Å². The van der Waals surface area contributed by atoms with Gasteiger partial charge in [0.25, 0.3) is 0 Å². The minimum Gasteiger partial charge on any atom is -0.325 e. The van der Waals surface area contributed by atoms with Crippen molar-refractivity contribution >= 4 is 46.4 Å². The van der Waals surface area contributed by atoms with Gasteiger partial charge in [-0.25, -0.2) is 4.39 Å². The van der Waals surface area contributed by atoms with E-state index < -0.39 is 23.0 Å². The van der Waals surface area contributed by atoms with Crippen molar-refractivity contribution in [2.75, 3.05) is 10.6 Å². The Hall–Kier alpha value is -2.11. The van der Waals surface area contributed by atoms with Gasteiger partial charge in [0.2, 0.25) is 11.8 Å². The average Bonchev–Trinajstić information content (AvgIpc) is 2.53. The van der Waals surface area contributed by atoms with Crippen LogP contribution in [0.15, 0.2) is 36.4 Å². The van der Waals surface area contributed by atoms with E-state index in [9.17, 15) is 14.0 Å². The van der Waals surface area contributed by atoms with E-state index in [0.29, 0.717) is 16.4 Å². The number of carbonyl (C=O) groups is 2. The van der Waals surface area contributed by atoms with Crippen molar-refractivity contribution < 1.29 is 14.0 Å². The van der Waals surface area contributed by atoms with Crippen molar-refractivity contribution in [3.05, 3.63) is 57.8 Å². The first-order valence-corrected chi connectivity index (χ1v) is 8.21. The van der Waals surface area contributed by atoms with Gasteiger partial charge in [0, 0.05) is 16.4 Å². The lowest BCUT2D eigenvalue weighted by atomic mass is 9.90. The van der Waals surface area contributed by atoms with E-state index in [1.165, 1.54) is 26.0 Å². The summed E-state index contributed by atoms with van der Waals surface area (Å²) in [6.07, 6.45) is 0. The summed E-state index contributed by atoms with van der Waals surface area (Å²) in [5.74, 6) is -1.61. The zero-order valence-corrected chi connectivity index (χ0v) is 15.4. The van der Waals surface area contributed by atoms with Crippen LogP contribution in [0.3, 0.4) is 0 Å². The number of amides is 2. The minimum atomic E-state index is -1.37. The second-order valence-electron chi connectivity index (χ2n) is 6.12. The number of rotatable bonds is 4. The van der Waals surface area contributed by atoms with E-state index in [0.717, 1.165) is 11.6 Å². The maximum absolute atomic E-state index is 13.2. The molecule has 0 saturated heterocycles. The maximum Gasteiger partial charge on any atom is 0.239 e. The normalized spacial score (nSPS) is 11.1. The van der Waals surface area contributed by atoms with Gasteiger partial charge in [0.1, 0.15) is 11.2 Å². The van der Waals surface area contributed by atoms with E-state index in [1.807, 2.05) is 0 Å². The summed E-state index contributed by atoms with van der Waals surface area (Å²) in [7, 11) is 0. The molecule has 0 bridgehead atoms. The van der Waals surface area contributed by atoms with Gasteiger partial charge in [-0.1, -0.05) is 23.2 Å². The summed E-state index contributed by atoms with van der Waals surface area (Å²) in [6.45, 7) is 4.79. The molecule has 25 heavy (non-hydrogen) atoms. The molecule has 0 aliphatic carbocycles. The molecule has 0 aliphatic rings. The van der Waals surface area contributed by atoms with Crippen LogP contribution in [0.4, 0.5) is 15.8 Å². The number of carbonyl (C=O) groups excluding carboxylic acids is 2. The van der Waals surface area contributed by atoms with Crippen LogP contribution < -0.4 is 10.6 Å². The molecule has 2 aromatic carbocycles. The van der Waals surface area contributed by atoms with Crippen molar-refractivity contribution in [3.63, 3.8) is 0 Å². The number of anilines is 2. The van der Waals surface area contributed by atoms with Gasteiger partial charge in [0.15, 0.2) is 0 Å². The summed E-state index contributed by atoms with van der Waals surface area (Å²) < 4.78 is 13.2. The van der Waals surface area contributed by atoms with Gasteiger partial charge >= 0.3 is 0 Å². The number of halogens is 3. The van der Waals surface area contributed by atoms with Gasteiger partial charge in [-0.15, -0.1) is 0 Å². The fourth-order valence-electron chi connectivity index (χ4n) is 2.01. The van der Waals surface area contributed by atoms with Crippen LogP contribution in [0.2, 0.25) is 10.0 Å². The highest BCUT2D eigenvalue weighted by Crippen LogP contribution is 2.26. The molecule has 2 aromatic rings. The maximum atomic E-state index is 13.2. The SMILES string of the molecule is Cc1cc(Cl)ccc1NC(=O)C(C)(C)C(=O)Nc1ccc(F)c(Cl)c1. The number of benzene rings is 2. The fraction of sp³-hybridized carbons (Fsp3) is 0.222. The molecule has 0 fully saturated rings. The summed E-state index contributed by atoms with van der Waals surface area (Å²) in [5, 5.41) is 5.73. The molecule has 132 valence electrons. The molecule has 2 N–H and O–H groups in total. The minimum absolute atomic E-state index is 0.114. The Balaban J connectivity index is 2.13. The molecule has 2 rings (SSSR count). The van der Waals surface area contributed by atoms with Crippen LogP contribution in [0, 0.1) is 18.2 Å². The largest absolute Gasteiger partial charge is 0.325 e. The van der Waals surface area contributed by atoms with Crippen LogP contribution in [0.1, 0.15) is 19.4 Å². The first-order valence-electron chi connectivity index (χ1n) is 7.45. The summed E-state index contributed by atoms with van der Waals surface area (Å²) in [6, 6.07) is 8.83. The molecule has 0 atom stereocenters. The van der Waals surface area contributed by atoms with Gasteiger partial charge in [-0.2, -0.15) is 0 Å². The molecule has 0 aliphatic heterocycles. The topological polar surface area (TPSA) is 58.2 Å². The standard InChI is InChI=1S/C18H17Cl2FN2O2/c1-10-8-11(19)4-7-15(10)23-17(25)18(2,3)16(24)22-12-5-6-14(21)13(20)9-12/h4-9H,1-3H3,(H,22,24)(H,23,25). The van der Waals surface area contributed by atoms with E-state index in [1.54, 1.807) is 25.1 Å². The van der Waals surface area contributed by atoms with Crippen LogP contribution in [0.5, 0.6) is 0 Å². The molecular weight excluding hydrogens is 366 g/mol. The third kappa shape index (κ3) is 4.50. The molecule has 0 aromatic heterocycles. The van der Waals surface area contributed by atoms with E-state index >= 15 is 0 Å². The highest BCUT2D eigenvalue weighted by molar-refractivity contribution is 6.31. The van der Waals surface area contributed by atoms with Gasteiger partial charge in [-0.3, -0.25) is 9.59 Å². The monoisotopic (exact) mass is 382 g/mol. The second kappa shape index (κ2) is 7.42. The number of nitrogens with one attached hydrogen (secondary N) is 2. The van der Waals surface area contributed by atoms with Crippen molar-refractivity contribution in [1.29, 1.82) is 0 Å². The summed E-state index contributed by atoms with van der Waals surface area (Å²) in [4.78, 5) is 25.0. The zero-order valence-electron chi connectivity index (χ0n) is 13.9. The highest BCUT2D eigenvalue weighted by atomic mass is 35.5. The van der Waals surface area contributed by atoms with Crippen LogP contribution >= 0.6 is 23.2 Å². The first-order chi connectivity index (χ1) is 11.6. The Morgan fingerprint density at radius 2 is 1.64 bits per heavy atom. The predicted octanol–water partition coefficient (Wildman–Crippen LogP) is 5.04. The van der Waals surface area contributed by atoms with Gasteiger partial charge in [-0.05, 0) is 62.7 Å². The van der Waals surface area contributed by atoms with Crippen LogP contribution in [-0.4, -0.2) is 11.8 Å². The quantitative estimate of drug-likeness (QED) is 0.727. The van der Waals surface area contributed by atoms with E-state index in [2.05, 4.69) is 10.6 Å². The highest BCUT2D eigenvalue weighted by Gasteiger charge is 2.36. The molecule has 0 spiro atoms. The Morgan fingerprint density at radius 3 is 2.24 bits per heavy atom. The summed E-state index contributed by atoms with van der Waals surface area (Å²) >= 11 is 11.6. The molecule has 0 heterocycles. The zero-order chi connectivity index (χ0) is 18.8. The second-order valence-corrected chi connectivity index (χ2v) is 6.97.